The first kappa shape index (κ1) is 18.1. The van der Waals surface area contributed by atoms with Crippen molar-refractivity contribution in [3.63, 3.8) is 0 Å². The van der Waals surface area contributed by atoms with E-state index < -0.39 is 10.0 Å². The molecule has 0 aromatic rings. The van der Waals surface area contributed by atoms with Gasteiger partial charge in [0.1, 0.15) is 0 Å². The second-order valence-corrected chi connectivity index (χ2v) is 9.97. The number of hydrogen-bond acceptors (Lipinski definition) is 4. The first-order valence-electron chi connectivity index (χ1n) is 9.23. The van der Waals surface area contributed by atoms with Crippen molar-refractivity contribution in [2.75, 3.05) is 25.4 Å². The molecule has 6 nitrogen and oxygen atoms in total. The van der Waals surface area contributed by atoms with Crippen LogP contribution in [0.3, 0.4) is 0 Å². The van der Waals surface area contributed by atoms with Crippen molar-refractivity contribution in [1.29, 1.82) is 0 Å². The van der Waals surface area contributed by atoms with E-state index >= 15 is 0 Å². The fourth-order valence-corrected chi connectivity index (χ4v) is 6.24. The van der Waals surface area contributed by atoms with Crippen LogP contribution >= 0.6 is 0 Å². The van der Waals surface area contributed by atoms with E-state index in [1.165, 1.54) is 30.0 Å². The normalized spacial score (nSPS) is 36.8. The van der Waals surface area contributed by atoms with Gasteiger partial charge < -0.3 is 10.1 Å². The summed E-state index contributed by atoms with van der Waals surface area (Å²) < 4.78 is 31.9. The van der Waals surface area contributed by atoms with Gasteiger partial charge in [0.05, 0.1) is 18.0 Å². The van der Waals surface area contributed by atoms with Crippen molar-refractivity contribution in [2.24, 2.45) is 17.8 Å². The third kappa shape index (κ3) is 4.29. The molecule has 1 amide bonds. The number of nitrogens with one attached hydrogen (secondary N) is 1. The van der Waals surface area contributed by atoms with Gasteiger partial charge in [0.15, 0.2) is 0 Å². The summed E-state index contributed by atoms with van der Waals surface area (Å²) in [6.07, 6.45) is 5.46. The zero-order chi connectivity index (χ0) is 17.3. The van der Waals surface area contributed by atoms with Gasteiger partial charge in [0.2, 0.25) is 15.9 Å². The maximum absolute atomic E-state index is 12.4. The minimum atomic E-state index is -3.34. The zero-order valence-corrected chi connectivity index (χ0v) is 15.6. The van der Waals surface area contributed by atoms with Gasteiger partial charge in [-0.25, -0.2) is 8.42 Å². The molecule has 2 saturated carbocycles. The largest absolute Gasteiger partial charge is 0.373 e. The molecule has 0 aromatic carbocycles. The second kappa shape index (κ2) is 7.30. The topological polar surface area (TPSA) is 75.7 Å². The first-order valence-corrected chi connectivity index (χ1v) is 10.8. The Bertz CT molecular complexity index is 555. The number of nitrogens with zero attached hydrogens (tertiary/aromatic N) is 1. The third-order valence-electron chi connectivity index (χ3n) is 5.79. The smallest absolute Gasteiger partial charge is 0.220 e. The summed E-state index contributed by atoms with van der Waals surface area (Å²) in [6, 6.07) is 0. The lowest BCUT2D eigenvalue weighted by Gasteiger charge is -2.34. The summed E-state index contributed by atoms with van der Waals surface area (Å²) in [7, 11) is -3.34. The molecule has 0 aromatic heterocycles. The van der Waals surface area contributed by atoms with Crippen LogP contribution in [0.25, 0.3) is 0 Å². The van der Waals surface area contributed by atoms with Gasteiger partial charge in [-0.2, -0.15) is 4.31 Å². The van der Waals surface area contributed by atoms with E-state index in [1.54, 1.807) is 0 Å². The molecule has 0 unspecified atom stereocenters. The van der Waals surface area contributed by atoms with E-state index in [0.29, 0.717) is 25.4 Å². The molecular formula is C17H30N2O4S. The van der Waals surface area contributed by atoms with E-state index in [0.717, 1.165) is 11.8 Å². The predicted molar refractivity (Wildman–Crippen MR) is 91.9 cm³/mol. The number of carbonyl (C=O) groups is 1. The molecular weight excluding hydrogens is 328 g/mol. The number of morpholine rings is 1. The Morgan fingerprint density at radius 2 is 1.88 bits per heavy atom. The van der Waals surface area contributed by atoms with Gasteiger partial charge in [-0.1, -0.05) is 6.42 Å². The predicted octanol–water partition coefficient (Wildman–Crippen LogP) is 1.37. The van der Waals surface area contributed by atoms with Gasteiger partial charge in [-0.3, -0.25) is 4.79 Å². The van der Waals surface area contributed by atoms with Crippen LogP contribution in [-0.2, 0) is 19.6 Å². The van der Waals surface area contributed by atoms with Crippen molar-refractivity contribution in [1.82, 2.24) is 9.62 Å². The molecule has 138 valence electrons. The Hall–Kier alpha value is -0.660. The molecule has 1 heterocycles. The summed E-state index contributed by atoms with van der Waals surface area (Å²) in [5, 5.41) is 2.81. The molecule has 1 aliphatic heterocycles. The van der Waals surface area contributed by atoms with Crippen LogP contribution < -0.4 is 5.32 Å². The zero-order valence-electron chi connectivity index (χ0n) is 14.7. The van der Waals surface area contributed by atoms with Crippen molar-refractivity contribution in [3.05, 3.63) is 0 Å². The highest BCUT2D eigenvalue weighted by atomic mass is 32.2. The summed E-state index contributed by atoms with van der Waals surface area (Å²) in [4.78, 5) is 12.1. The van der Waals surface area contributed by atoms with Crippen molar-refractivity contribution in [3.8, 4) is 0 Å². The number of hydrogen-bond donors (Lipinski definition) is 1. The average Bonchev–Trinajstić information content (AvgIpc) is 3.08. The Labute approximate surface area is 145 Å². The first-order chi connectivity index (χ1) is 11.3. The van der Waals surface area contributed by atoms with E-state index in [2.05, 4.69) is 5.32 Å². The van der Waals surface area contributed by atoms with Crippen LogP contribution in [0.5, 0.6) is 0 Å². The summed E-state index contributed by atoms with van der Waals surface area (Å²) in [5.41, 5.74) is 0. The molecule has 2 bridgehead atoms. The highest BCUT2D eigenvalue weighted by Gasteiger charge is 2.40. The van der Waals surface area contributed by atoms with Crippen LogP contribution in [0.4, 0.5) is 0 Å². The molecule has 24 heavy (non-hydrogen) atoms. The molecule has 3 fully saturated rings. The molecule has 5 atom stereocenters. The minimum absolute atomic E-state index is 0.00598. The molecule has 3 rings (SSSR count). The monoisotopic (exact) mass is 358 g/mol. The molecule has 7 heteroatoms. The van der Waals surface area contributed by atoms with Crippen LogP contribution in [0, 0.1) is 17.8 Å². The lowest BCUT2D eigenvalue weighted by atomic mass is 9.86. The van der Waals surface area contributed by atoms with Crippen molar-refractivity contribution >= 4 is 15.9 Å². The van der Waals surface area contributed by atoms with E-state index in [1.807, 2.05) is 13.8 Å². The van der Waals surface area contributed by atoms with Gasteiger partial charge in [-0.05, 0) is 50.9 Å². The Morgan fingerprint density at radius 1 is 1.17 bits per heavy atom. The molecule has 1 saturated heterocycles. The number of carbonyl (C=O) groups excluding carboxylic acids is 1. The molecule has 1 N–H and O–H groups in total. The van der Waals surface area contributed by atoms with Crippen LogP contribution in [0.15, 0.2) is 0 Å². The lowest BCUT2D eigenvalue weighted by Crippen LogP contribution is -2.49. The van der Waals surface area contributed by atoms with E-state index in [4.69, 9.17) is 4.74 Å². The number of fused-ring (bicyclic) bond motifs is 2. The maximum atomic E-state index is 12.4. The summed E-state index contributed by atoms with van der Waals surface area (Å²) in [5.74, 6) is 2.04. The summed E-state index contributed by atoms with van der Waals surface area (Å²) >= 11 is 0. The maximum Gasteiger partial charge on any atom is 0.220 e. The highest BCUT2D eigenvalue weighted by Crippen LogP contribution is 2.49. The SMILES string of the molecule is C[C@@H]1CN(S(=O)(=O)CCNC(=O)C[C@@H]2C[C@H]3CC[C@H]2C3)C[C@@H](C)O1. The molecule has 0 spiro atoms. The van der Waals surface area contributed by atoms with Gasteiger partial charge >= 0.3 is 0 Å². The van der Waals surface area contributed by atoms with Gasteiger partial charge in [0, 0.05) is 26.1 Å². The number of amides is 1. The summed E-state index contributed by atoms with van der Waals surface area (Å²) in [6.45, 7) is 4.75. The minimum Gasteiger partial charge on any atom is -0.373 e. The number of ether oxygens (including phenoxy) is 1. The van der Waals surface area contributed by atoms with Crippen LogP contribution in [0.2, 0.25) is 0 Å². The Morgan fingerprint density at radius 3 is 2.46 bits per heavy atom. The lowest BCUT2D eigenvalue weighted by molar-refractivity contribution is -0.122. The fourth-order valence-electron chi connectivity index (χ4n) is 4.74. The Balaban J connectivity index is 1.41. The standard InChI is InChI=1S/C17H30N2O4S/c1-12-10-19(11-13(2)23-12)24(21,22)6-5-18-17(20)9-16-8-14-3-4-15(16)7-14/h12-16H,3-11H2,1-2H3,(H,18,20)/t12-,13-,14+,15+,16+/m1/s1. The number of rotatable bonds is 6. The third-order valence-corrected chi connectivity index (χ3v) is 7.60. The molecule has 3 aliphatic rings. The van der Waals surface area contributed by atoms with Gasteiger partial charge in [-0.15, -0.1) is 0 Å². The average molecular weight is 359 g/mol. The van der Waals surface area contributed by atoms with Crippen molar-refractivity contribution < 1.29 is 17.9 Å². The van der Waals surface area contributed by atoms with E-state index in [-0.39, 0.29) is 30.4 Å². The van der Waals surface area contributed by atoms with Crippen molar-refractivity contribution in [2.45, 2.75) is 58.2 Å². The molecule has 2 aliphatic carbocycles. The van der Waals surface area contributed by atoms with E-state index in [9.17, 15) is 13.2 Å². The van der Waals surface area contributed by atoms with Crippen LogP contribution in [-0.4, -0.2) is 56.2 Å². The van der Waals surface area contributed by atoms with Crippen LogP contribution in [0.1, 0.15) is 46.0 Å². The second-order valence-electron chi connectivity index (χ2n) is 7.88. The fraction of sp³-hybridized carbons (Fsp3) is 0.941. The Kier molecular flexibility index (Phi) is 5.52. The number of sulfonamides is 1. The quantitative estimate of drug-likeness (QED) is 0.778. The molecule has 0 radical (unpaired) electrons. The van der Waals surface area contributed by atoms with Gasteiger partial charge in [0.25, 0.3) is 0 Å². The highest BCUT2D eigenvalue weighted by molar-refractivity contribution is 7.89.